The molecule has 0 aliphatic heterocycles. The van der Waals surface area contributed by atoms with Crippen LogP contribution in [0.25, 0.3) is 11.5 Å². The van der Waals surface area contributed by atoms with Gasteiger partial charge in [0.1, 0.15) is 5.69 Å². The van der Waals surface area contributed by atoms with E-state index in [1.807, 2.05) is 19.1 Å². The monoisotopic (exact) mass is 290 g/mol. The molecule has 0 saturated carbocycles. The highest BCUT2D eigenvalue weighted by Crippen LogP contribution is 2.12. The van der Waals surface area contributed by atoms with E-state index in [1.165, 1.54) is 0 Å². The first kappa shape index (κ1) is 15.1. The summed E-state index contributed by atoms with van der Waals surface area (Å²) in [4.78, 5) is 19.9. The van der Waals surface area contributed by atoms with Gasteiger partial charge in [0.2, 0.25) is 17.6 Å². The molecule has 1 N–H and O–H groups in total. The second-order valence-corrected chi connectivity index (χ2v) is 4.27. The molecule has 0 aliphatic carbocycles. The van der Waals surface area contributed by atoms with Crippen molar-refractivity contribution in [2.45, 2.75) is 19.8 Å². The van der Waals surface area contributed by atoms with Crippen LogP contribution < -0.4 is 5.32 Å². The fourth-order valence-electron chi connectivity index (χ4n) is 1.67. The van der Waals surface area contributed by atoms with Crippen molar-refractivity contribution >= 4 is 5.91 Å². The summed E-state index contributed by atoms with van der Waals surface area (Å²) >= 11 is 0. The quantitative estimate of drug-likeness (QED) is 0.735. The Balaban J connectivity index is 1.77. The molecule has 0 spiro atoms. The number of ether oxygens (including phenoxy) is 1. The number of aryl methyl sites for hydroxylation is 1. The van der Waals surface area contributed by atoms with Gasteiger partial charge in [0.05, 0.1) is 6.61 Å². The lowest BCUT2D eigenvalue weighted by molar-refractivity contribution is -0.121. The molecule has 1 amide bonds. The predicted octanol–water partition coefficient (Wildman–Crippen LogP) is 1.22. The SMILES string of the molecule is CCOCCNC(=O)CCc1nc(-c2ccccn2)no1. The third-order valence-corrected chi connectivity index (χ3v) is 2.70. The van der Waals surface area contributed by atoms with Gasteiger partial charge in [-0.3, -0.25) is 9.78 Å². The minimum Gasteiger partial charge on any atom is -0.380 e. The summed E-state index contributed by atoms with van der Waals surface area (Å²) < 4.78 is 10.2. The molecule has 0 bridgehead atoms. The molecule has 0 saturated heterocycles. The fraction of sp³-hybridized carbons (Fsp3) is 0.429. The molecule has 0 fully saturated rings. The summed E-state index contributed by atoms with van der Waals surface area (Å²) in [5.41, 5.74) is 0.647. The van der Waals surface area contributed by atoms with Gasteiger partial charge < -0.3 is 14.6 Å². The molecule has 2 aromatic heterocycles. The highest BCUT2D eigenvalue weighted by molar-refractivity contribution is 5.75. The second kappa shape index (κ2) is 8.11. The molecule has 2 heterocycles. The summed E-state index contributed by atoms with van der Waals surface area (Å²) in [6, 6.07) is 5.47. The van der Waals surface area contributed by atoms with Crippen LogP contribution in [0.15, 0.2) is 28.9 Å². The molecule has 0 radical (unpaired) electrons. The lowest BCUT2D eigenvalue weighted by Gasteiger charge is -2.03. The van der Waals surface area contributed by atoms with Crippen molar-refractivity contribution < 1.29 is 14.1 Å². The number of hydrogen-bond donors (Lipinski definition) is 1. The second-order valence-electron chi connectivity index (χ2n) is 4.27. The Hall–Kier alpha value is -2.28. The maximum atomic E-state index is 11.6. The van der Waals surface area contributed by atoms with Crippen LogP contribution in [0.1, 0.15) is 19.2 Å². The molecular weight excluding hydrogens is 272 g/mol. The molecule has 0 aromatic carbocycles. The van der Waals surface area contributed by atoms with Crippen molar-refractivity contribution in [3.05, 3.63) is 30.3 Å². The van der Waals surface area contributed by atoms with E-state index in [4.69, 9.17) is 9.26 Å². The molecule has 7 heteroatoms. The Morgan fingerprint density at radius 3 is 3.10 bits per heavy atom. The Labute approximate surface area is 122 Å². The van der Waals surface area contributed by atoms with Crippen LogP contribution in [0, 0.1) is 0 Å². The van der Waals surface area contributed by atoms with E-state index in [0.29, 0.717) is 50.0 Å². The molecule has 2 rings (SSSR count). The Morgan fingerprint density at radius 2 is 2.33 bits per heavy atom. The zero-order chi connectivity index (χ0) is 14.9. The molecule has 0 unspecified atom stereocenters. The van der Waals surface area contributed by atoms with Crippen LogP contribution in [-0.4, -0.2) is 40.8 Å². The Morgan fingerprint density at radius 1 is 1.43 bits per heavy atom. The van der Waals surface area contributed by atoms with Crippen molar-refractivity contribution in [3.8, 4) is 11.5 Å². The van der Waals surface area contributed by atoms with Crippen molar-refractivity contribution in [1.82, 2.24) is 20.4 Å². The summed E-state index contributed by atoms with van der Waals surface area (Å²) in [7, 11) is 0. The molecule has 112 valence electrons. The normalized spacial score (nSPS) is 10.5. The lowest BCUT2D eigenvalue weighted by Crippen LogP contribution is -2.27. The lowest BCUT2D eigenvalue weighted by atomic mass is 10.3. The van der Waals surface area contributed by atoms with Crippen molar-refractivity contribution in [2.24, 2.45) is 0 Å². The van der Waals surface area contributed by atoms with Crippen LogP contribution in [0.4, 0.5) is 0 Å². The summed E-state index contributed by atoms with van der Waals surface area (Å²) in [5, 5.41) is 6.61. The average molecular weight is 290 g/mol. The number of pyridine rings is 1. The van der Waals surface area contributed by atoms with Gasteiger partial charge in [-0.2, -0.15) is 4.98 Å². The number of aromatic nitrogens is 3. The summed E-state index contributed by atoms with van der Waals surface area (Å²) in [5.74, 6) is 0.797. The highest BCUT2D eigenvalue weighted by atomic mass is 16.5. The fourth-order valence-corrected chi connectivity index (χ4v) is 1.67. The van der Waals surface area contributed by atoms with E-state index in [2.05, 4.69) is 20.4 Å². The van der Waals surface area contributed by atoms with Gasteiger partial charge in [0.15, 0.2) is 0 Å². The first-order valence-corrected chi connectivity index (χ1v) is 6.88. The number of carbonyl (C=O) groups excluding carboxylic acids is 1. The number of carbonyl (C=O) groups is 1. The standard InChI is InChI=1S/C14H18N4O3/c1-2-20-10-9-16-12(19)6-7-13-17-14(18-21-13)11-5-3-4-8-15-11/h3-5,8H,2,6-7,9-10H2,1H3,(H,16,19). The van der Waals surface area contributed by atoms with Crippen LogP contribution in [0.5, 0.6) is 0 Å². The van der Waals surface area contributed by atoms with Gasteiger partial charge in [-0.25, -0.2) is 0 Å². The van der Waals surface area contributed by atoms with E-state index >= 15 is 0 Å². The molecular formula is C14H18N4O3. The Bertz CT molecular complexity index is 556. The van der Waals surface area contributed by atoms with Crippen molar-refractivity contribution in [3.63, 3.8) is 0 Å². The molecule has 2 aromatic rings. The number of rotatable bonds is 8. The van der Waals surface area contributed by atoms with Gasteiger partial charge in [0.25, 0.3) is 0 Å². The van der Waals surface area contributed by atoms with E-state index in [0.717, 1.165) is 0 Å². The predicted molar refractivity (Wildman–Crippen MR) is 75.4 cm³/mol. The summed E-state index contributed by atoms with van der Waals surface area (Å²) in [6.07, 6.45) is 2.37. The van der Waals surface area contributed by atoms with Crippen LogP contribution >= 0.6 is 0 Å². The van der Waals surface area contributed by atoms with Crippen LogP contribution in [-0.2, 0) is 16.0 Å². The van der Waals surface area contributed by atoms with E-state index in [1.54, 1.807) is 12.3 Å². The van der Waals surface area contributed by atoms with Gasteiger partial charge in [-0.15, -0.1) is 0 Å². The number of nitrogens with one attached hydrogen (secondary N) is 1. The number of nitrogens with zero attached hydrogens (tertiary/aromatic N) is 3. The third-order valence-electron chi connectivity index (χ3n) is 2.70. The zero-order valence-corrected chi connectivity index (χ0v) is 11.9. The van der Waals surface area contributed by atoms with Crippen molar-refractivity contribution in [2.75, 3.05) is 19.8 Å². The molecule has 7 nitrogen and oxygen atoms in total. The van der Waals surface area contributed by atoms with Gasteiger partial charge in [-0.1, -0.05) is 11.2 Å². The maximum Gasteiger partial charge on any atom is 0.227 e. The third kappa shape index (κ3) is 4.96. The maximum absolute atomic E-state index is 11.6. The number of amides is 1. The topological polar surface area (TPSA) is 90.1 Å². The van der Waals surface area contributed by atoms with Gasteiger partial charge in [-0.05, 0) is 19.1 Å². The number of hydrogen-bond acceptors (Lipinski definition) is 6. The van der Waals surface area contributed by atoms with E-state index in [9.17, 15) is 4.79 Å². The van der Waals surface area contributed by atoms with Crippen LogP contribution in [0.3, 0.4) is 0 Å². The highest BCUT2D eigenvalue weighted by Gasteiger charge is 2.10. The zero-order valence-electron chi connectivity index (χ0n) is 11.9. The largest absolute Gasteiger partial charge is 0.380 e. The van der Waals surface area contributed by atoms with Gasteiger partial charge in [0, 0.05) is 32.2 Å². The molecule has 0 aliphatic rings. The minimum absolute atomic E-state index is 0.0627. The minimum atomic E-state index is -0.0627. The first-order chi connectivity index (χ1) is 10.3. The first-order valence-electron chi connectivity index (χ1n) is 6.88. The van der Waals surface area contributed by atoms with Crippen LogP contribution in [0.2, 0.25) is 0 Å². The van der Waals surface area contributed by atoms with Gasteiger partial charge >= 0.3 is 0 Å². The van der Waals surface area contributed by atoms with Crippen molar-refractivity contribution in [1.29, 1.82) is 0 Å². The van der Waals surface area contributed by atoms with E-state index in [-0.39, 0.29) is 5.91 Å². The Kier molecular flexibility index (Phi) is 5.83. The molecule has 0 atom stereocenters. The average Bonchev–Trinajstić information content (AvgIpc) is 2.99. The molecule has 21 heavy (non-hydrogen) atoms. The smallest absolute Gasteiger partial charge is 0.227 e. The summed E-state index contributed by atoms with van der Waals surface area (Å²) in [6.45, 7) is 3.59. The van der Waals surface area contributed by atoms with E-state index < -0.39 is 0 Å².